The highest BCUT2D eigenvalue weighted by atomic mass is 79.9. The number of nitrogens with one attached hydrogen (secondary N) is 3. The monoisotopic (exact) mass is 481 g/mol. The Morgan fingerprint density at radius 1 is 1.29 bits per heavy atom. The zero-order valence-electron chi connectivity index (χ0n) is 15.7. The van der Waals surface area contributed by atoms with Gasteiger partial charge >= 0.3 is 6.03 Å². The molecule has 10 heteroatoms. The number of halogens is 1. The van der Waals surface area contributed by atoms with Gasteiger partial charge in [-0.15, -0.1) is 32.9 Å². The van der Waals surface area contributed by atoms with Crippen LogP contribution in [0.2, 0.25) is 0 Å². The molecule has 4 rings (SSSR count). The Labute approximate surface area is 179 Å². The van der Waals surface area contributed by atoms with Crippen LogP contribution in [0.1, 0.15) is 32.3 Å². The van der Waals surface area contributed by atoms with Crippen molar-refractivity contribution in [3.05, 3.63) is 36.1 Å². The van der Waals surface area contributed by atoms with Gasteiger partial charge in [-0.05, 0) is 59.4 Å². The molecule has 3 N–H and O–H groups in total. The molecule has 4 heterocycles. The van der Waals surface area contributed by atoms with Crippen molar-refractivity contribution < 1.29 is 9.21 Å². The van der Waals surface area contributed by atoms with Gasteiger partial charge in [-0.2, -0.15) is 0 Å². The van der Waals surface area contributed by atoms with E-state index in [0.29, 0.717) is 23.3 Å². The van der Waals surface area contributed by atoms with Crippen LogP contribution < -0.4 is 16.0 Å². The molecule has 0 unspecified atom stereocenters. The third-order valence-electron chi connectivity index (χ3n) is 4.77. The van der Waals surface area contributed by atoms with E-state index in [2.05, 4.69) is 42.1 Å². The standard InChI is InChI=1S/C18H20BrN5O2S2/c1-8-9(2)27-17(14(8)16-24-23-10(3)26-16)22-18(25)21-6-12-11-4-5-20-7-13(11)28-15(12)19/h20H,4-7H2,1-3H3,(H2,21,22,25). The maximum Gasteiger partial charge on any atom is 0.320 e. The Hall–Kier alpha value is -1.75. The third kappa shape index (κ3) is 3.73. The molecule has 0 aromatic carbocycles. The summed E-state index contributed by atoms with van der Waals surface area (Å²) in [4.78, 5) is 15.0. The van der Waals surface area contributed by atoms with E-state index in [1.165, 1.54) is 27.3 Å². The molecule has 0 aliphatic carbocycles. The molecule has 0 atom stereocenters. The van der Waals surface area contributed by atoms with Gasteiger partial charge in [-0.3, -0.25) is 5.32 Å². The lowest BCUT2D eigenvalue weighted by Gasteiger charge is -2.14. The molecule has 0 fully saturated rings. The summed E-state index contributed by atoms with van der Waals surface area (Å²) in [6.07, 6.45) is 0.986. The molecule has 148 valence electrons. The highest BCUT2D eigenvalue weighted by Gasteiger charge is 2.22. The zero-order chi connectivity index (χ0) is 19.8. The van der Waals surface area contributed by atoms with E-state index in [-0.39, 0.29) is 6.03 Å². The van der Waals surface area contributed by atoms with Crippen LogP contribution in [0, 0.1) is 20.8 Å². The topological polar surface area (TPSA) is 92.1 Å². The van der Waals surface area contributed by atoms with Crippen LogP contribution in [0.5, 0.6) is 0 Å². The van der Waals surface area contributed by atoms with Crippen molar-refractivity contribution in [2.45, 2.75) is 40.3 Å². The van der Waals surface area contributed by atoms with Gasteiger partial charge in [-0.1, -0.05) is 0 Å². The molecular weight excluding hydrogens is 462 g/mol. The van der Waals surface area contributed by atoms with Crippen LogP contribution in [0.15, 0.2) is 8.20 Å². The fraction of sp³-hybridized carbons (Fsp3) is 0.389. The average Bonchev–Trinajstić information content (AvgIpc) is 3.29. The number of aryl methyl sites for hydroxylation is 2. The van der Waals surface area contributed by atoms with Crippen molar-refractivity contribution in [2.75, 3.05) is 11.9 Å². The Balaban J connectivity index is 1.49. The maximum absolute atomic E-state index is 12.6. The Morgan fingerprint density at radius 3 is 2.86 bits per heavy atom. The second kappa shape index (κ2) is 7.94. The molecule has 3 aromatic heterocycles. The molecule has 1 aliphatic heterocycles. The Morgan fingerprint density at radius 2 is 2.11 bits per heavy atom. The molecule has 1 aliphatic rings. The first-order valence-electron chi connectivity index (χ1n) is 8.89. The van der Waals surface area contributed by atoms with Gasteiger partial charge in [0.15, 0.2) is 0 Å². The zero-order valence-corrected chi connectivity index (χ0v) is 19.0. The van der Waals surface area contributed by atoms with Crippen molar-refractivity contribution in [3.63, 3.8) is 0 Å². The van der Waals surface area contributed by atoms with Crippen LogP contribution in [0.3, 0.4) is 0 Å². The van der Waals surface area contributed by atoms with Gasteiger partial charge in [-0.25, -0.2) is 4.79 Å². The summed E-state index contributed by atoms with van der Waals surface area (Å²) in [5.74, 6) is 0.923. The smallest absolute Gasteiger partial charge is 0.320 e. The Kier molecular flexibility index (Phi) is 5.55. The summed E-state index contributed by atoms with van der Waals surface area (Å²) in [7, 11) is 0. The number of fused-ring (bicyclic) bond motifs is 1. The number of nitrogens with zero attached hydrogens (tertiary/aromatic N) is 2. The normalized spacial score (nSPS) is 13.4. The number of anilines is 1. The SMILES string of the molecule is Cc1nnc(-c2c(NC(=O)NCc3c(Br)sc4c3CCNC4)sc(C)c2C)o1. The number of thiophene rings is 2. The summed E-state index contributed by atoms with van der Waals surface area (Å²) in [5, 5.41) is 18.1. The predicted molar refractivity (Wildman–Crippen MR) is 115 cm³/mol. The fourth-order valence-corrected chi connectivity index (χ4v) is 6.30. The second-order valence-corrected chi connectivity index (χ2v) is 10.3. The molecule has 0 saturated heterocycles. The maximum atomic E-state index is 12.6. The second-order valence-electron chi connectivity index (χ2n) is 6.60. The van der Waals surface area contributed by atoms with Gasteiger partial charge in [0, 0.05) is 29.8 Å². The van der Waals surface area contributed by atoms with Gasteiger partial charge in [0.25, 0.3) is 5.89 Å². The van der Waals surface area contributed by atoms with E-state index >= 15 is 0 Å². The van der Waals surface area contributed by atoms with Crippen molar-refractivity contribution in [1.29, 1.82) is 0 Å². The first kappa shape index (κ1) is 19.6. The summed E-state index contributed by atoms with van der Waals surface area (Å²) in [6, 6.07) is -0.250. The summed E-state index contributed by atoms with van der Waals surface area (Å²) < 4.78 is 6.67. The van der Waals surface area contributed by atoms with E-state index in [1.54, 1.807) is 18.3 Å². The Bertz CT molecular complexity index is 1040. The first-order chi connectivity index (χ1) is 13.4. The van der Waals surface area contributed by atoms with Crippen LogP contribution in [0.25, 0.3) is 11.5 Å². The van der Waals surface area contributed by atoms with Crippen molar-refractivity contribution >= 4 is 49.6 Å². The summed E-state index contributed by atoms with van der Waals surface area (Å²) in [6.45, 7) is 8.10. The third-order valence-corrected chi connectivity index (χ3v) is 7.92. The van der Waals surface area contributed by atoms with E-state index in [4.69, 9.17) is 4.42 Å². The van der Waals surface area contributed by atoms with Crippen LogP contribution in [0.4, 0.5) is 9.80 Å². The number of rotatable bonds is 4. The number of hydrogen-bond acceptors (Lipinski definition) is 7. The molecule has 0 radical (unpaired) electrons. The van der Waals surface area contributed by atoms with Gasteiger partial charge in [0.05, 0.1) is 9.35 Å². The fourth-order valence-electron chi connectivity index (χ4n) is 3.23. The number of hydrogen-bond donors (Lipinski definition) is 3. The van der Waals surface area contributed by atoms with Gasteiger partial charge in [0.1, 0.15) is 5.00 Å². The minimum atomic E-state index is -0.250. The minimum absolute atomic E-state index is 0.250. The van der Waals surface area contributed by atoms with Crippen molar-refractivity contribution in [3.8, 4) is 11.5 Å². The highest BCUT2D eigenvalue weighted by molar-refractivity contribution is 9.11. The average molecular weight is 482 g/mol. The van der Waals surface area contributed by atoms with E-state index < -0.39 is 0 Å². The lowest BCUT2D eigenvalue weighted by molar-refractivity contribution is 0.252. The first-order valence-corrected chi connectivity index (χ1v) is 11.3. The quantitative estimate of drug-likeness (QED) is 0.509. The summed E-state index contributed by atoms with van der Waals surface area (Å²) >= 11 is 6.89. The molecule has 2 amide bonds. The van der Waals surface area contributed by atoms with Crippen molar-refractivity contribution in [1.82, 2.24) is 20.8 Å². The molecule has 7 nitrogen and oxygen atoms in total. The number of amides is 2. The van der Waals surface area contributed by atoms with Gasteiger partial charge in [0.2, 0.25) is 5.89 Å². The van der Waals surface area contributed by atoms with Gasteiger partial charge < -0.3 is 15.1 Å². The molecule has 3 aromatic rings. The summed E-state index contributed by atoms with van der Waals surface area (Å²) in [5.41, 5.74) is 4.34. The van der Waals surface area contributed by atoms with Crippen LogP contribution in [-0.4, -0.2) is 22.8 Å². The number of urea groups is 1. The largest absolute Gasteiger partial charge is 0.421 e. The van der Waals surface area contributed by atoms with Crippen LogP contribution in [-0.2, 0) is 19.5 Å². The molecule has 0 bridgehead atoms. The molecule has 0 spiro atoms. The predicted octanol–water partition coefficient (Wildman–Crippen LogP) is 4.51. The van der Waals surface area contributed by atoms with E-state index in [9.17, 15) is 4.79 Å². The molecule has 28 heavy (non-hydrogen) atoms. The number of carbonyl (C=O) groups excluding carboxylic acids is 1. The van der Waals surface area contributed by atoms with Crippen LogP contribution >= 0.6 is 38.6 Å². The molecular formula is C18H20BrN5O2S2. The van der Waals surface area contributed by atoms with E-state index in [1.807, 2.05) is 13.8 Å². The van der Waals surface area contributed by atoms with Crippen molar-refractivity contribution in [2.24, 2.45) is 0 Å². The number of carbonyl (C=O) groups is 1. The lowest BCUT2D eigenvalue weighted by atomic mass is 10.0. The molecule has 0 saturated carbocycles. The highest BCUT2D eigenvalue weighted by Crippen LogP contribution is 2.39. The lowest BCUT2D eigenvalue weighted by Crippen LogP contribution is -2.29. The minimum Gasteiger partial charge on any atom is -0.421 e. The van der Waals surface area contributed by atoms with E-state index in [0.717, 1.165) is 39.3 Å². The number of aromatic nitrogens is 2.